The van der Waals surface area contributed by atoms with Gasteiger partial charge in [0.1, 0.15) is 11.5 Å². The lowest BCUT2D eigenvalue weighted by atomic mass is 10.2. The highest BCUT2D eigenvalue weighted by atomic mass is 32.2. The van der Waals surface area contributed by atoms with Gasteiger partial charge in [0, 0.05) is 5.69 Å². The van der Waals surface area contributed by atoms with Crippen LogP contribution in [0.2, 0.25) is 0 Å². The lowest BCUT2D eigenvalue weighted by Crippen LogP contribution is -2.34. The van der Waals surface area contributed by atoms with E-state index in [0.29, 0.717) is 29.5 Å². The Labute approximate surface area is 168 Å². The van der Waals surface area contributed by atoms with Crippen LogP contribution in [0, 0.1) is 0 Å². The minimum Gasteiger partial charge on any atom is -0.494 e. The predicted octanol–water partition coefficient (Wildman–Crippen LogP) is 1.72. The maximum atomic E-state index is 12.3. The number of hydrogen-bond acceptors (Lipinski definition) is 6. The maximum Gasteiger partial charge on any atom is 0.265 e. The Morgan fingerprint density at radius 1 is 1.21 bits per heavy atom. The maximum absolute atomic E-state index is 12.3. The zero-order chi connectivity index (χ0) is 21.0. The highest BCUT2D eigenvalue weighted by Gasteiger charge is 2.23. The molecule has 2 aromatic rings. The Hall–Kier alpha value is -3.11. The van der Waals surface area contributed by atoms with Gasteiger partial charge in [-0.05, 0) is 56.3 Å². The van der Waals surface area contributed by atoms with Crippen molar-refractivity contribution in [1.29, 1.82) is 0 Å². The normalized spacial score (nSPS) is 15.7. The second kappa shape index (κ2) is 8.50. The van der Waals surface area contributed by atoms with E-state index < -0.39 is 28.6 Å². The number of anilines is 2. The van der Waals surface area contributed by atoms with Crippen LogP contribution in [0.3, 0.4) is 0 Å². The van der Waals surface area contributed by atoms with Crippen molar-refractivity contribution in [2.24, 2.45) is 0 Å². The van der Waals surface area contributed by atoms with Crippen LogP contribution in [0.4, 0.5) is 11.4 Å². The quantitative estimate of drug-likeness (QED) is 0.628. The summed E-state index contributed by atoms with van der Waals surface area (Å²) in [7, 11) is -3.85. The lowest BCUT2D eigenvalue weighted by molar-refractivity contribution is -0.122. The van der Waals surface area contributed by atoms with Crippen LogP contribution in [-0.2, 0) is 19.6 Å². The van der Waals surface area contributed by atoms with E-state index >= 15 is 0 Å². The molecule has 3 rings (SSSR count). The van der Waals surface area contributed by atoms with Gasteiger partial charge >= 0.3 is 0 Å². The van der Waals surface area contributed by atoms with E-state index in [1.165, 1.54) is 18.2 Å². The second-order valence-corrected chi connectivity index (χ2v) is 8.00. The third-order valence-corrected chi connectivity index (χ3v) is 5.48. The molecule has 0 spiro atoms. The summed E-state index contributed by atoms with van der Waals surface area (Å²) < 4.78 is 37.6. The Bertz CT molecular complexity index is 1020. The number of carbonyl (C=O) groups is 2. The number of fused-ring (bicyclic) bond motifs is 1. The molecule has 9 nitrogen and oxygen atoms in total. The number of carbonyl (C=O) groups excluding carboxylic acids is 2. The van der Waals surface area contributed by atoms with Gasteiger partial charge in [-0.1, -0.05) is 0 Å². The van der Waals surface area contributed by atoms with E-state index in [4.69, 9.17) is 9.47 Å². The third-order valence-electron chi connectivity index (χ3n) is 4.06. The Balaban J connectivity index is 1.59. The van der Waals surface area contributed by atoms with E-state index in [9.17, 15) is 18.0 Å². The molecule has 0 bridgehead atoms. The highest BCUT2D eigenvalue weighted by Crippen LogP contribution is 2.32. The molecular weight excluding hydrogens is 398 g/mol. The topological polar surface area (TPSA) is 123 Å². The van der Waals surface area contributed by atoms with Crippen molar-refractivity contribution in [3.63, 3.8) is 0 Å². The fraction of sp³-hybridized carbons (Fsp3) is 0.263. The van der Waals surface area contributed by atoms with E-state index in [2.05, 4.69) is 15.4 Å². The van der Waals surface area contributed by atoms with Gasteiger partial charge in [-0.3, -0.25) is 9.59 Å². The van der Waals surface area contributed by atoms with Crippen LogP contribution in [0.25, 0.3) is 0 Å². The molecule has 3 N–H and O–H groups in total. The monoisotopic (exact) mass is 419 g/mol. The summed E-state index contributed by atoms with van der Waals surface area (Å²) in [4.78, 5) is 23.8. The molecule has 0 radical (unpaired) electrons. The van der Waals surface area contributed by atoms with Crippen LogP contribution in [0.1, 0.15) is 13.8 Å². The van der Waals surface area contributed by atoms with Crippen LogP contribution < -0.4 is 24.8 Å². The number of benzene rings is 2. The molecule has 2 amide bonds. The first kappa shape index (κ1) is 20.6. The fourth-order valence-corrected chi connectivity index (χ4v) is 3.60. The van der Waals surface area contributed by atoms with Crippen molar-refractivity contribution in [2.75, 3.05) is 23.8 Å². The van der Waals surface area contributed by atoms with Crippen LogP contribution in [0.5, 0.6) is 11.5 Å². The van der Waals surface area contributed by atoms with Gasteiger partial charge in [0.2, 0.25) is 15.9 Å². The first-order valence-electron chi connectivity index (χ1n) is 8.92. The van der Waals surface area contributed by atoms with Crippen LogP contribution >= 0.6 is 0 Å². The summed E-state index contributed by atoms with van der Waals surface area (Å²) >= 11 is 0. The molecular formula is C19H21N3O6S. The molecule has 0 saturated heterocycles. The smallest absolute Gasteiger partial charge is 0.265 e. The molecule has 1 aliphatic heterocycles. The Morgan fingerprint density at radius 2 is 1.93 bits per heavy atom. The number of nitrogens with one attached hydrogen (secondary N) is 3. The summed E-state index contributed by atoms with van der Waals surface area (Å²) in [6.45, 7) is 3.48. The molecule has 0 aromatic heterocycles. The molecule has 1 atom stereocenters. The molecule has 29 heavy (non-hydrogen) atoms. The number of rotatable bonds is 7. The minimum absolute atomic E-state index is 0.0246. The average Bonchev–Trinajstić information content (AvgIpc) is 2.68. The molecule has 0 saturated carbocycles. The first-order valence-corrected chi connectivity index (χ1v) is 10.4. The van der Waals surface area contributed by atoms with Crippen molar-refractivity contribution in [3.8, 4) is 11.5 Å². The first-order chi connectivity index (χ1) is 13.8. The predicted molar refractivity (Wildman–Crippen MR) is 107 cm³/mol. The number of sulfonamides is 1. The minimum atomic E-state index is -3.85. The fourth-order valence-electron chi connectivity index (χ4n) is 2.62. The largest absolute Gasteiger partial charge is 0.494 e. The molecule has 2 aromatic carbocycles. The Kier molecular flexibility index (Phi) is 6.04. The summed E-state index contributed by atoms with van der Waals surface area (Å²) in [6.07, 6.45) is -0.597. The molecule has 1 heterocycles. The molecule has 10 heteroatoms. The van der Waals surface area contributed by atoms with E-state index in [-0.39, 0.29) is 10.8 Å². The van der Waals surface area contributed by atoms with Gasteiger partial charge in [-0.25, -0.2) is 13.1 Å². The van der Waals surface area contributed by atoms with Crippen LogP contribution in [-0.4, -0.2) is 39.5 Å². The molecule has 0 aliphatic carbocycles. The summed E-state index contributed by atoms with van der Waals surface area (Å²) in [5, 5.41) is 5.25. The zero-order valence-corrected chi connectivity index (χ0v) is 16.7. The van der Waals surface area contributed by atoms with Gasteiger partial charge in [0.15, 0.2) is 6.10 Å². The SMILES string of the molecule is CCOc1ccc(S(=O)(=O)NCC(=O)Nc2ccc3c(c2)NC(=O)[C@H](C)O3)cc1. The number of hydrogen-bond donors (Lipinski definition) is 3. The average molecular weight is 419 g/mol. The van der Waals surface area contributed by atoms with Gasteiger partial charge in [-0.15, -0.1) is 0 Å². The van der Waals surface area contributed by atoms with E-state index in [1.54, 1.807) is 31.2 Å². The third kappa shape index (κ3) is 5.04. The van der Waals surface area contributed by atoms with E-state index in [1.807, 2.05) is 6.92 Å². The zero-order valence-electron chi connectivity index (χ0n) is 15.9. The van der Waals surface area contributed by atoms with Gasteiger partial charge in [-0.2, -0.15) is 0 Å². The van der Waals surface area contributed by atoms with Crippen molar-refractivity contribution >= 4 is 33.2 Å². The highest BCUT2D eigenvalue weighted by molar-refractivity contribution is 7.89. The van der Waals surface area contributed by atoms with Gasteiger partial charge in [0.05, 0.1) is 23.7 Å². The van der Waals surface area contributed by atoms with Crippen molar-refractivity contribution in [3.05, 3.63) is 42.5 Å². The standard InChI is InChI=1S/C19H21N3O6S/c1-3-27-14-5-7-15(8-6-14)29(25,26)20-11-18(23)21-13-4-9-17-16(10-13)22-19(24)12(2)28-17/h4-10,12,20H,3,11H2,1-2H3,(H,21,23)(H,22,24)/t12-/m0/s1. The second-order valence-electron chi connectivity index (χ2n) is 6.24. The van der Waals surface area contributed by atoms with Crippen molar-refractivity contribution < 1.29 is 27.5 Å². The summed E-state index contributed by atoms with van der Waals surface area (Å²) in [5.41, 5.74) is 0.827. The Morgan fingerprint density at radius 3 is 2.62 bits per heavy atom. The van der Waals surface area contributed by atoms with Gasteiger partial charge < -0.3 is 20.1 Å². The van der Waals surface area contributed by atoms with Crippen LogP contribution in [0.15, 0.2) is 47.4 Å². The molecule has 1 aliphatic rings. The lowest BCUT2D eigenvalue weighted by Gasteiger charge is -2.23. The summed E-state index contributed by atoms with van der Waals surface area (Å²) in [6, 6.07) is 10.6. The van der Waals surface area contributed by atoms with Crippen molar-refractivity contribution in [2.45, 2.75) is 24.8 Å². The van der Waals surface area contributed by atoms with Gasteiger partial charge in [0.25, 0.3) is 5.91 Å². The van der Waals surface area contributed by atoms with Crippen molar-refractivity contribution in [1.82, 2.24) is 4.72 Å². The molecule has 0 fully saturated rings. The van der Waals surface area contributed by atoms with E-state index in [0.717, 1.165) is 0 Å². The molecule has 154 valence electrons. The summed E-state index contributed by atoms with van der Waals surface area (Å²) in [5.74, 6) is 0.202. The number of ether oxygens (including phenoxy) is 2. The molecule has 0 unspecified atom stereocenters. The number of amides is 2.